The van der Waals surface area contributed by atoms with E-state index in [9.17, 15) is 0 Å². The fraction of sp³-hybridized carbons (Fsp3) is 0.278. The summed E-state index contributed by atoms with van der Waals surface area (Å²) in [7, 11) is 3.78. The van der Waals surface area contributed by atoms with Gasteiger partial charge in [0, 0.05) is 13.1 Å². The van der Waals surface area contributed by atoms with Crippen LogP contribution in [0.4, 0.5) is 0 Å². The summed E-state index contributed by atoms with van der Waals surface area (Å²) in [6.07, 6.45) is 0.998. The molecule has 0 atom stereocenters. The number of methoxy groups -OCH3 is 1. The highest BCUT2D eigenvalue weighted by atomic mass is 16.5. The number of nitrogens with zero attached hydrogens (tertiary/aromatic N) is 2. The van der Waals surface area contributed by atoms with Gasteiger partial charge in [-0.05, 0) is 48.9 Å². The molecule has 0 aliphatic carbocycles. The first-order chi connectivity index (χ1) is 10.2. The minimum absolute atomic E-state index is 0.719. The van der Waals surface area contributed by atoms with Gasteiger partial charge in [-0.3, -0.25) is 0 Å². The Bertz CT molecular complexity index is 614. The molecule has 0 amide bonds. The maximum atomic E-state index is 8.92. The van der Waals surface area contributed by atoms with Crippen molar-refractivity contribution in [1.82, 2.24) is 4.90 Å². The quantitative estimate of drug-likeness (QED) is 0.815. The molecule has 0 radical (unpaired) electrons. The maximum absolute atomic E-state index is 8.92. The lowest BCUT2D eigenvalue weighted by Gasteiger charge is -2.17. The molecular weight excluding hydrogens is 260 g/mol. The molecule has 0 saturated carbocycles. The Labute approximate surface area is 126 Å². The normalized spacial score (nSPS) is 10.4. The average Bonchev–Trinajstić information content (AvgIpc) is 2.53. The van der Waals surface area contributed by atoms with E-state index in [1.54, 1.807) is 7.11 Å². The van der Waals surface area contributed by atoms with Gasteiger partial charge in [0.2, 0.25) is 0 Å². The van der Waals surface area contributed by atoms with E-state index in [2.05, 4.69) is 36.2 Å². The molecule has 2 aromatic carbocycles. The van der Waals surface area contributed by atoms with E-state index < -0.39 is 0 Å². The van der Waals surface area contributed by atoms with Gasteiger partial charge in [-0.15, -0.1) is 0 Å². The third-order valence-electron chi connectivity index (χ3n) is 3.45. The summed E-state index contributed by atoms with van der Waals surface area (Å²) in [6.45, 7) is 1.83. The second kappa shape index (κ2) is 7.47. The molecule has 0 bridgehead atoms. The van der Waals surface area contributed by atoms with Crippen molar-refractivity contribution in [3.8, 4) is 11.8 Å². The van der Waals surface area contributed by atoms with Crippen LogP contribution in [-0.4, -0.2) is 25.6 Å². The number of hydrogen-bond donors (Lipinski definition) is 0. The number of ether oxygens (including phenoxy) is 1. The summed E-state index contributed by atoms with van der Waals surface area (Å²) >= 11 is 0. The molecule has 2 rings (SSSR count). The minimum Gasteiger partial charge on any atom is -0.497 e. The second-order valence-corrected chi connectivity index (χ2v) is 5.15. The van der Waals surface area contributed by atoms with Gasteiger partial charge in [-0.25, -0.2) is 0 Å². The van der Waals surface area contributed by atoms with Crippen molar-refractivity contribution in [3.05, 3.63) is 65.2 Å². The van der Waals surface area contributed by atoms with Crippen LogP contribution in [0.1, 0.15) is 16.7 Å². The Morgan fingerprint density at radius 1 is 1.10 bits per heavy atom. The highest BCUT2D eigenvalue weighted by Crippen LogP contribution is 2.12. The van der Waals surface area contributed by atoms with Crippen molar-refractivity contribution in [2.45, 2.75) is 13.0 Å². The van der Waals surface area contributed by atoms with Crippen LogP contribution in [0.25, 0.3) is 0 Å². The molecule has 0 N–H and O–H groups in total. The summed E-state index contributed by atoms with van der Waals surface area (Å²) in [4.78, 5) is 2.26. The van der Waals surface area contributed by atoms with Crippen LogP contribution in [-0.2, 0) is 13.0 Å². The molecule has 0 fully saturated rings. The minimum atomic E-state index is 0.719. The van der Waals surface area contributed by atoms with Crippen molar-refractivity contribution in [2.24, 2.45) is 0 Å². The Balaban J connectivity index is 1.86. The zero-order chi connectivity index (χ0) is 15.1. The van der Waals surface area contributed by atoms with Crippen LogP contribution >= 0.6 is 0 Å². The zero-order valence-electron chi connectivity index (χ0n) is 12.5. The molecule has 21 heavy (non-hydrogen) atoms. The van der Waals surface area contributed by atoms with E-state index in [1.165, 1.54) is 11.1 Å². The fourth-order valence-corrected chi connectivity index (χ4v) is 2.24. The first-order valence-electron chi connectivity index (χ1n) is 7.02. The monoisotopic (exact) mass is 280 g/mol. The number of likely N-dealkylation sites (N-methyl/N-ethyl adjacent to an activating group) is 1. The maximum Gasteiger partial charge on any atom is 0.118 e. The molecule has 0 spiro atoms. The van der Waals surface area contributed by atoms with Crippen LogP contribution in [0.2, 0.25) is 0 Å². The predicted octanol–water partition coefficient (Wildman–Crippen LogP) is 3.24. The largest absolute Gasteiger partial charge is 0.497 e. The van der Waals surface area contributed by atoms with Gasteiger partial charge in [0.05, 0.1) is 18.7 Å². The summed E-state index contributed by atoms with van der Waals surface area (Å²) in [5.74, 6) is 0.889. The van der Waals surface area contributed by atoms with E-state index >= 15 is 0 Å². The summed E-state index contributed by atoms with van der Waals surface area (Å²) < 4.78 is 5.16. The van der Waals surface area contributed by atoms with Crippen LogP contribution in [0, 0.1) is 11.3 Å². The average molecular weight is 280 g/mol. The van der Waals surface area contributed by atoms with Gasteiger partial charge in [0.15, 0.2) is 0 Å². The lowest BCUT2D eigenvalue weighted by molar-refractivity contribution is 0.331. The lowest BCUT2D eigenvalue weighted by Crippen LogP contribution is -2.20. The predicted molar refractivity (Wildman–Crippen MR) is 84.2 cm³/mol. The van der Waals surface area contributed by atoms with Crippen LogP contribution in [0.5, 0.6) is 5.75 Å². The summed E-state index contributed by atoms with van der Waals surface area (Å²) in [5.41, 5.74) is 3.19. The highest BCUT2D eigenvalue weighted by Gasteiger charge is 2.02. The molecule has 0 aromatic heterocycles. The van der Waals surface area contributed by atoms with Gasteiger partial charge in [-0.1, -0.05) is 24.3 Å². The standard InChI is InChI=1S/C18H20N2O/c1-20(14-17-5-3-4-16(12-17)13-19)11-10-15-6-8-18(21-2)9-7-15/h3-9,12H,10-11,14H2,1-2H3. The van der Waals surface area contributed by atoms with Crippen molar-refractivity contribution in [2.75, 3.05) is 20.7 Å². The Hall–Kier alpha value is -2.31. The Morgan fingerprint density at radius 2 is 1.86 bits per heavy atom. The molecule has 0 aliphatic heterocycles. The Kier molecular flexibility index (Phi) is 5.36. The van der Waals surface area contributed by atoms with E-state index in [1.807, 2.05) is 30.3 Å². The topological polar surface area (TPSA) is 36.3 Å². The molecule has 2 aromatic rings. The molecule has 0 aliphatic rings. The first-order valence-corrected chi connectivity index (χ1v) is 7.02. The van der Waals surface area contributed by atoms with E-state index in [0.29, 0.717) is 0 Å². The molecule has 108 valence electrons. The molecule has 3 heteroatoms. The fourth-order valence-electron chi connectivity index (χ4n) is 2.24. The third kappa shape index (κ3) is 4.62. The Morgan fingerprint density at radius 3 is 2.52 bits per heavy atom. The van der Waals surface area contributed by atoms with Gasteiger partial charge in [0.25, 0.3) is 0 Å². The summed E-state index contributed by atoms with van der Waals surface area (Å²) in [5, 5.41) is 8.92. The second-order valence-electron chi connectivity index (χ2n) is 5.15. The molecule has 0 saturated heterocycles. The van der Waals surface area contributed by atoms with E-state index in [-0.39, 0.29) is 0 Å². The lowest BCUT2D eigenvalue weighted by atomic mass is 10.1. The van der Waals surface area contributed by atoms with Crippen molar-refractivity contribution in [3.63, 3.8) is 0 Å². The van der Waals surface area contributed by atoms with Gasteiger partial charge >= 0.3 is 0 Å². The molecule has 0 unspecified atom stereocenters. The SMILES string of the molecule is COc1ccc(CCN(C)Cc2cccc(C#N)c2)cc1. The first kappa shape index (κ1) is 15.1. The van der Waals surface area contributed by atoms with Crippen LogP contribution < -0.4 is 4.74 Å². The van der Waals surface area contributed by atoms with Crippen molar-refractivity contribution in [1.29, 1.82) is 5.26 Å². The van der Waals surface area contributed by atoms with Crippen molar-refractivity contribution < 1.29 is 4.74 Å². The smallest absolute Gasteiger partial charge is 0.118 e. The molecular formula is C18H20N2O. The van der Waals surface area contributed by atoms with Crippen molar-refractivity contribution >= 4 is 0 Å². The summed E-state index contributed by atoms with van der Waals surface area (Å²) in [6, 6.07) is 18.1. The zero-order valence-corrected chi connectivity index (χ0v) is 12.5. The van der Waals surface area contributed by atoms with Gasteiger partial charge < -0.3 is 9.64 Å². The molecule has 3 nitrogen and oxygen atoms in total. The number of hydrogen-bond acceptors (Lipinski definition) is 3. The highest BCUT2D eigenvalue weighted by molar-refractivity contribution is 5.32. The van der Waals surface area contributed by atoms with Crippen LogP contribution in [0.3, 0.4) is 0 Å². The number of benzene rings is 2. The van der Waals surface area contributed by atoms with E-state index in [0.717, 1.165) is 30.8 Å². The van der Waals surface area contributed by atoms with Gasteiger partial charge in [0.1, 0.15) is 5.75 Å². The third-order valence-corrected chi connectivity index (χ3v) is 3.45. The van der Waals surface area contributed by atoms with Crippen LogP contribution in [0.15, 0.2) is 48.5 Å². The number of rotatable bonds is 6. The molecule has 0 heterocycles. The van der Waals surface area contributed by atoms with Gasteiger partial charge in [-0.2, -0.15) is 5.26 Å². The van der Waals surface area contributed by atoms with E-state index in [4.69, 9.17) is 10.00 Å². The number of nitriles is 1.